The molecule has 0 N–H and O–H groups in total. The summed E-state index contributed by atoms with van der Waals surface area (Å²) in [6.07, 6.45) is 2.36. The summed E-state index contributed by atoms with van der Waals surface area (Å²) in [6.45, 7) is 6.20. The molecule has 1 saturated heterocycles. The van der Waals surface area contributed by atoms with Crippen LogP contribution < -0.4 is 0 Å². The Bertz CT molecular complexity index is 403. The molecular weight excluding hydrogens is 208 g/mol. The zero-order chi connectivity index (χ0) is 12.3. The zero-order valence-corrected chi connectivity index (χ0v) is 10.7. The van der Waals surface area contributed by atoms with E-state index in [2.05, 4.69) is 49.1 Å². The van der Waals surface area contributed by atoms with Crippen LogP contribution in [0.15, 0.2) is 30.3 Å². The van der Waals surface area contributed by atoms with Crippen LogP contribution in [0.4, 0.5) is 0 Å². The zero-order valence-electron chi connectivity index (χ0n) is 10.7. The van der Waals surface area contributed by atoms with Gasteiger partial charge in [-0.3, -0.25) is 4.90 Å². The topological polar surface area (TPSA) is 27.0 Å². The first kappa shape index (κ1) is 12.1. The minimum absolute atomic E-state index is 0.245. The molecule has 2 nitrogen and oxygen atoms in total. The third-order valence-corrected chi connectivity index (χ3v) is 3.71. The van der Waals surface area contributed by atoms with Crippen molar-refractivity contribution in [2.24, 2.45) is 5.41 Å². The number of hydrogen-bond donors (Lipinski definition) is 0. The molecule has 1 heterocycles. The lowest BCUT2D eigenvalue weighted by Crippen LogP contribution is -2.39. The normalized spacial score (nSPS) is 21.4. The Hall–Kier alpha value is -1.33. The Kier molecular flexibility index (Phi) is 3.49. The SMILES string of the molecule is CC(C)(C#N)C1CCCN1Cc1ccccc1. The molecule has 2 rings (SSSR count). The molecule has 17 heavy (non-hydrogen) atoms. The Morgan fingerprint density at radius 1 is 1.35 bits per heavy atom. The molecule has 0 spiro atoms. The first-order valence-corrected chi connectivity index (χ1v) is 6.33. The van der Waals surface area contributed by atoms with Gasteiger partial charge in [-0.2, -0.15) is 5.26 Å². The Morgan fingerprint density at radius 3 is 2.71 bits per heavy atom. The highest BCUT2D eigenvalue weighted by molar-refractivity contribution is 5.15. The molecule has 0 saturated carbocycles. The number of nitrogens with zero attached hydrogens (tertiary/aromatic N) is 2. The molecule has 1 aromatic rings. The largest absolute Gasteiger partial charge is 0.295 e. The summed E-state index contributed by atoms with van der Waals surface area (Å²) < 4.78 is 0. The number of benzene rings is 1. The summed E-state index contributed by atoms with van der Waals surface area (Å²) in [4.78, 5) is 2.46. The van der Waals surface area contributed by atoms with Crippen LogP contribution >= 0.6 is 0 Å². The van der Waals surface area contributed by atoms with E-state index < -0.39 is 0 Å². The second kappa shape index (κ2) is 4.89. The first-order chi connectivity index (χ1) is 8.13. The maximum absolute atomic E-state index is 9.26. The van der Waals surface area contributed by atoms with Crippen LogP contribution in [0.5, 0.6) is 0 Å². The minimum Gasteiger partial charge on any atom is -0.295 e. The monoisotopic (exact) mass is 228 g/mol. The van der Waals surface area contributed by atoms with E-state index in [1.807, 2.05) is 6.07 Å². The van der Waals surface area contributed by atoms with E-state index in [1.165, 1.54) is 12.0 Å². The van der Waals surface area contributed by atoms with E-state index in [4.69, 9.17) is 0 Å². The van der Waals surface area contributed by atoms with Crippen molar-refractivity contribution in [1.82, 2.24) is 4.90 Å². The van der Waals surface area contributed by atoms with E-state index >= 15 is 0 Å². The fraction of sp³-hybridized carbons (Fsp3) is 0.533. The van der Waals surface area contributed by atoms with E-state index in [0.717, 1.165) is 19.5 Å². The van der Waals surface area contributed by atoms with Gasteiger partial charge in [-0.25, -0.2) is 0 Å². The van der Waals surface area contributed by atoms with Gasteiger partial charge in [0.05, 0.1) is 11.5 Å². The molecule has 0 radical (unpaired) electrons. The van der Waals surface area contributed by atoms with Crippen LogP contribution in [-0.2, 0) is 6.54 Å². The summed E-state index contributed by atoms with van der Waals surface area (Å²) in [6, 6.07) is 13.4. The van der Waals surface area contributed by atoms with Crippen LogP contribution in [0.1, 0.15) is 32.3 Å². The van der Waals surface area contributed by atoms with Crippen molar-refractivity contribution >= 4 is 0 Å². The van der Waals surface area contributed by atoms with Crippen LogP contribution in [0.25, 0.3) is 0 Å². The van der Waals surface area contributed by atoms with Crippen LogP contribution in [0, 0.1) is 16.7 Å². The predicted octanol–water partition coefficient (Wildman–Crippen LogP) is 3.20. The molecule has 0 aromatic heterocycles. The molecule has 1 aliphatic rings. The van der Waals surface area contributed by atoms with E-state index in [0.29, 0.717) is 6.04 Å². The summed E-state index contributed by atoms with van der Waals surface area (Å²) >= 11 is 0. The van der Waals surface area contributed by atoms with Crippen molar-refractivity contribution in [3.8, 4) is 6.07 Å². The van der Waals surface area contributed by atoms with Crippen LogP contribution in [0.2, 0.25) is 0 Å². The molecule has 1 unspecified atom stereocenters. The quantitative estimate of drug-likeness (QED) is 0.794. The van der Waals surface area contributed by atoms with Crippen molar-refractivity contribution < 1.29 is 0 Å². The predicted molar refractivity (Wildman–Crippen MR) is 69.3 cm³/mol. The highest BCUT2D eigenvalue weighted by Gasteiger charge is 2.37. The molecular formula is C15H20N2. The van der Waals surface area contributed by atoms with Gasteiger partial charge in [0.15, 0.2) is 0 Å². The third kappa shape index (κ3) is 2.68. The fourth-order valence-electron chi connectivity index (χ4n) is 2.73. The minimum atomic E-state index is -0.245. The van der Waals surface area contributed by atoms with Crippen molar-refractivity contribution in [2.75, 3.05) is 6.54 Å². The molecule has 2 heteroatoms. The number of nitriles is 1. The second-order valence-electron chi connectivity index (χ2n) is 5.45. The Morgan fingerprint density at radius 2 is 2.06 bits per heavy atom. The third-order valence-electron chi connectivity index (χ3n) is 3.71. The van der Waals surface area contributed by atoms with Gasteiger partial charge < -0.3 is 0 Å². The lowest BCUT2D eigenvalue weighted by molar-refractivity contribution is 0.160. The van der Waals surface area contributed by atoms with Crippen LogP contribution in [-0.4, -0.2) is 17.5 Å². The van der Waals surface area contributed by atoms with Gasteiger partial charge in [0.2, 0.25) is 0 Å². The number of hydrogen-bond acceptors (Lipinski definition) is 2. The van der Waals surface area contributed by atoms with Gasteiger partial charge in [-0.15, -0.1) is 0 Å². The first-order valence-electron chi connectivity index (χ1n) is 6.33. The average molecular weight is 228 g/mol. The van der Waals surface area contributed by atoms with Crippen LogP contribution in [0.3, 0.4) is 0 Å². The summed E-state index contributed by atoms with van der Waals surface area (Å²) in [7, 11) is 0. The average Bonchev–Trinajstić information content (AvgIpc) is 2.79. The van der Waals surface area contributed by atoms with Crippen molar-refractivity contribution in [3.05, 3.63) is 35.9 Å². The van der Waals surface area contributed by atoms with Gasteiger partial charge >= 0.3 is 0 Å². The van der Waals surface area contributed by atoms with Gasteiger partial charge in [0, 0.05) is 12.6 Å². The number of rotatable bonds is 3. The maximum Gasteiger partial charge on any atom is 0.0700 e. The standard InChI is InChI=1S/C15H20N2/c1-15(2,12-16)14-9-6-10-17(14)11-13-7-4-3-5-8-13/h3-5,7-8,14H,6,9-11H2,1-2H3. The van der Waals surface area contributed by atoms with E-state index in [-0.39, 0.29) is 5.41 Å². The molecule has 1 atom stereocenters. The molecule has 0 bridgehead atoms. The highest BCUT2D eigenvalue weighted by atomic mass is 15.2. The molecule has 90 valence electrons. The maximum atomic E-state index is 9.26. The second-order valence-corrected chi connectivity index (χ2v) is 5.45. The molecule has 1 fully saturated rings. The smallest absolute Gasteiger partial charge is 0.0700 e. The Labute approximate surface area is 104 Å². The van der Waals surface area contributed by atoms with Gasteiger partial charge in [0.25, 0.3) is 0 Å². The fourth-order valence-corrected chi connectivity index (χ4v) is 2.73. The molecule has 1 aromatic carbocycles. The van der Waals surface area contributed by atoms with Crippen molar-refractivity contribution in [3.63, 3.8) is 0 Å². The van der Waals surface area contributed by atoms with Gasteiger partial charge in [0.1, 0.15) is 0 Å². The lowest BCUT2D eigenvalue weighted by Gasteiger charge is -2.32. The molecule has 0 amide bonds. The van der Waals surface area contributed by atoms with Crippen molar-refractivity contribution in [2.45, 2.75) is 39.3 Å². The van der Waals surface area contributed by atoms with Gasteiger partial charge in [-0.05, 0) is 38.8 Å². The summed E-state index contributed by atoms with van der Waals surface area (Å²) in [5.41, 5.74) is 1.10. The van der Waals surface area contributed by atoms with Crippen molar-refractivity contribution in [1.29, 1.82) is 5.26 Å². The van der Waals surface area contributed by atoms with E-state index in [1.54, 1.807) is 0 Å². The number of likely N-dealkylation sites (tertiary alicyclic amines) is 1. The van der Waals surface area contributed by atoms with E-state index in [9.17, 15) is 5.26 Å². The summed E-state index contributed by atoms with van der Waals surface area (Å²) in [5.74, 6) is 0. The summed E-state index contributed by atoms with van der Waals surface area (Å²) in [5, 5.41) is 9.26. The lowest BCUT2D eigenvalue weighted by atomic mass is 9.84. The van der Waals surface area contributed by atoms with Gasteiger partial charge in [-0.1, -0.05) is 30.3 Å². The molecule has 0 aliphatic carbocycles. The molecule has 1 aliphatic heterocycles. The Balaban J connectivity index is 2.09. The highest BCUT2D eigenvalue weighted by Crippen LogP contribution is 2.33.